The summed E-state index contributed by atoms with van der Waals surface area (Å²) in [5.41, 5.74) is 1.44. The number of nitrogens with zero attached hydrogens (tertiary/aromatic N) is 4. The van der Waals surface area contributed by atoms with Crippen molar-refractivity contribution in [3.8, 4) is 0 Å². The maximum absolute atomic E-state index is 13.9. The molecule has 2 heterocycles. The molecular weight excluding hydrogens is 376 g/mol. The van der Waals surface area contributed by atoms with Crippen molar-refractivity contribution in [3.63, 3.8) is 0 Å². The van der Waals surface area contributed by atoms with Gasteiger partial charge in [0, 0.05) is 44.3 Å². The molecule has 0 saturated carbocycles. The summed E-state index contributed by atoms with van der Waals surface area (Å²) >= 11 is 0. The van der Waals surface area contributed by atoms with Crippen LogP contribution in [0.15, 0.2) is 60.9 Å². The lowest BCUT2D eigenvalue weighted by Crippen LogP contribution is -2.49. The van der Waals surface area contributed by atoms with Gasteiger partial charge in [-0.1, -0.05) is 18.2 Å². The quantitative estimate of drug-likeness (QED) is 0.733. The van der Waals surface area contributed by atoms with Gasteiger partial charge >= 0.3 is 0 Å². The number of para-hydroxylation sites is 1. The first kappa shape index (κ1) is 18.8. The van der Waals surface area contributed by atoms with Crippen LogP contribution in [0.5, 0.6) is 0 Å². The van der Waals surface area contributed by atoms with E-state index in [2.05, 4.69) is 15.3 Å². The second-order valence-electron chi connectivity index (χ2n) is 6.66. The third-order valence-corrected chi connectivity index (χ3v) is 4.74. The Labute approximate surface area is 166 Å². The van der Waals surface area contributed by atoms with Gasteiger partial charge in [-0.25, -0.2) is 18.7 Å². The van der Waals surface area contributed by atoms with E-state index >= 15 is 0 Å². The summed E-state index contributed by atoms with van der Waals surface area (Å²) in [7, 11) is 0. The molecule has 1 aliphatic rings. The summed E-state index contributed by atoms with van der Waals surface area (Å²) < 4.78 is 27.2. The number of rotatable bonds is 4. The van der Waals surface area contributed by atoms with E-state index in [9.17, 15) is 13.6 Å². The molecule has 4 rings (SSSR count). The molecule has 0 spiro atoms. The molecule has 1 N–H and O–H groups in total. The molecule has 1 saturated heterocycles. The molecule has 1 amide bonds. The Bertz CT molecular complexity index is 1000. The first-order chi connectivity index (χ1) is 14.1. The second kappa shape index (κ2) is 8.22. The van der Waals surface area contributed by atoms with E-state index < -0.39 is 0 Å². The summed E-state index contributed by atoms with van der Waals surface area (Å²) in [6.07, 6.45) is 2.89. The van der Waals surface area contributed by atoms with Crippen LogP contribution in [0.2, 0.25) is 0 Å². The molecule has 1 aliphatic heterocycles. The van der Waals surface area contributed by atoms with Gasteiger partial charge in [-0.15, -0.1) is 0 Å². The minimum absolute atomic E-state index is 0.171. The van der Waals surface area contributed by atoms with Crippen molar-refractivity contribution in [2.45, 2.75) is 0 Å². The molecule has 0 atom stereocenters. The number of piperazine rings is 1. The Balaban J connectivity index is 1.37. The van der Waals surface area contributed by atoms with Crippen molar-refractivity contribution in [2.75, 3.05) is 36.4 Å². The van der Waals surface area contributed by atoms with Gasteiger partial charge in [0.25, 0.3) is 5.91 Å². The van der Waals surface area contributed by atoms with Crippen molar-refractivity contribution in [1.82, 2.24) is 14.9 Å². The van der Waals surface area contributed by atoms with Crippen molar-refractivity contribution in [3.05, 3.63) is 78.1 Å². The number of aromatic nitrogens is 2. The Hall–Kier alpha value is -3.55. The normalized spacial score (nSPS) is 14.0. The first-order valence-electron chi connectivity index (χ1n) is 9.23. The maximum Gasteiger partial charge on any atom is 0.257 e. The number of benzene rings is 2. The van der Waals surface area contributed by atoms with Crippen LogP contribution in [0, 0.1) is 11.6 Å². The van der Waals surface area contributed by atoms with Crippen LogP contribution in [-0.2, 0) is 0 Å². The van der Waals surface area contributed by atoms with Crippen LogP contribution in [0.25, 0.3) is 0 Å². The van der Waals surface area contributed by atoms with E-state index in [-0.39, 0.29) is 23.5 Å². The van der Waals surface area contributed by atoms with Crippen molar-refractivity contribution in [1.29, 1.82) is 0 Å². The van der Waals surface area contributed by atoms with Gasteiger partial charge in [0.2, 0.25) is 5.95 Å². The number of nitrogens with one attached hydrogen (secondary N) is 1. The van der Waals surface area contributed by atoms with E-state index in [1.165, 1.54) is 30.6 Å². The first-order valence-corrected chi connectivity index (χ1v) is 9.23. The number of hydrogen-bond donors (Lipinski definition) is 1. The molecule has 148 valence electrons. The van der Waals surface area contributed by atoms with E-state index in [4.69, 9.17) is 0 Å². The average molecular weight is 395 g/mol. The average Bonchev–Trinajstić information content (AvgIpc) is 2.74. The van der Waals surface area contributed by atoms with Gasteiger partial charge in [0.05, 0.1) is 11.3 Å². The SMILES string of the molecule is O=C(c1cnc(Nc2cccc(F)c2)nc1)N1CCN(c2ccccc2F)CC1. The zero-order chi connectivity index (χ0) is 20.2. The lowest BCUT2D eigenvalue weighted by Gasteiger charge is -2.36. The molecule has 0 unspecified atom stereocenters. The molecule has 0 radical (unpaired) electrons. The number of anilines is 3. The van der Waals surface area contributed by atoms with Gasteiger partial charge in [-0.2, -0.15) is 0 Å². The molecule has 1 fully saturated rings. The summed E-state index contributed by atoms with van der Waals surface area (Å²) in [5, 5.41) is 2.89. The molecule has 0 aliphatic carbocycles. The third-order valence-electron chi connectivity index (χ3n) is 4.74. The lowest BCUT2D eigenvalue weighted by molar-refractivity contribution is 0.0746. The maximum atomic E-state index is 13.9. The van der Waals surface area contributed by atoms with Crippen molar-refractivity contribution < 1.29 is 13.6 Å². The van der Waals surface area contributed by atoms with Gasteiger partial charge in [0.1, 0.15) is 11.6 Å². The van der Waals surface area contributed by atoms with E-state index in [0.29, 0.717) is 43.1 Å². The van der Waals surface area contributed by atoms with Crippen LogP contribution >= 0.6 is 0 Å². The molecule has 0 bridgehead atoms. The number of carbonyl (C=O) groups is 1. The fourth-order valence-corrected chi connectivity index (χ4v) is 3.24. The Morgan fingerprint density at radius 1 is 0.931 bits per heavy atom. The highest BCUT2D eigenvalue weighted by atomic mass is 19.1. The van der Waals surface area contributed by atoms with Crippen LogP contribution in [0.3, 0.4) is 0 Å². The van der Waals surface area contributed by atoms with E-state index in [1.807, 2.05) is 4.90 Å². The third kappa shape index (κ3) is 4.31. The van der Waals surface area contributed by atoms with Crippen LogP contribution in [0.4, 0.5) is 26.1 Å². The number of halogens is 2. The highest BCUT2D eigenvalue weighted by Crippen LogP contribution is 2.21. The highest BCUT2D eigenvalue weighted by Gasteiger charge is 2.24. The molecule has 1 aromatic heterocycles. The molecule has 8 heteroatoms. The fourth-order valence-electron chi connectivity index (χ4n) is 3.24. The Kier molecular flexibility index (Phi) is 5.33. The van der Waals surface area contributed by atoms with E-state index in [1.54, 1.807) is 35.2 Å². The number of hydrogen-bond acceptors (Lipinski definition) is 5. The summed E-state index contributed by atoms with van der Waals surface area (Å²) in [6, 6.07) is 12.6. The van der Waals surface area contributed by atoms with Gasteiger partial charge in [-0.3, -0.25) is 4.79 Å². The monoisotopic (exact) mass is 395 g/mol. The minimum atomic E-state index is -0.365. The lowest BCUT2D eigenvalue weighted by atomic mass is 10.2. The smallest absolute Gasteiger partial charge is 0.257 e. The Morgan fingerprint density at radius 3 is 2.34 bits per heavy atom. The summed E-state index contributed by atoms with van der Waals surface area (Å²) in [5.74, 6) is -0.523. The highest BCUT2D eigenvalue weighted by molar-refractivity contribution is 5.94. The largest absolute Gasteiger partial charge is 0.366 e. The minimum Gasteiger partial charge on any atom is -0.366 e. The molecule has 3 aromatic rings. The summed E-state index contributed by atoms with van der Waals surface area (Å²) in [4.78, 5) is 24.6. The predicted molar refractivity (Wildman–Crippen MR) is 106 cm³/mol. The second-order valence-corrected chi connectivity index (χ2v) is 6.66. The predicted octanol–water partition coefficient (Wildman–Crippen LogP) is 3.46. The molecule has 2 aromatic carbocycles. The van der Waals surface area contributed by atoms with Crippen LogP contribution < -0.4 is 10.2 Å². The number of amides is 1. The molecule has 6 nitrogen and oxygen atoms in total. The number of carbonyl (C=O) groups excluding carboxylic acids is 1. The topological polar surface area (TPSA) is 61.4 Å². The van der Waals surface area contributed by atoms with Gasteiger partial charge in [-0.05, 0) is 30.3 Å². The summed E-state index contributed by atoms with van der Waals surface area (Å²) in [6.45, 7) is 2.06. The van der Waals surface area contributed by atoms with Crippen molar-refractivity contribution >= 4 is 23.2 Å². The molecule has 29 heavy (non-hydrogen) atoms. The zero-order valence-electron chi connectivity index (χ0n) is 15.6. The molecular formula is C21H19F2N5O. The van der Waals surface area contributed by atoms with Gasteiger partial charge < -0.3 is 15.1 Å². The van der Waals surface area contributed by atoms with E-state index in [0.717, 1.165) is 0 Å². The fraction of sp³-hybridized carbons (Fsp3) is 0.190. The van der Waals surface area contributed by atoms with Crippen LogP contribution in [-0.4, -0.2) is 47.0 Å². The Morgan fingerprint density at radius 2 is 1.66 bits per heavy atom. The van der Waals surface area contributed by atoms with Crippen molar-refractivity contribution in [2.24, 2.45) is 0 Å². The zero-order valence-corrected chi connectivity index (χ0v) is 15.6. The van der Waals surface area contributed by atoms with Crippen LogP contribution in [0.1, 0.15) is 10.4 Å². The standard InChI is InChI=1S/C21H19F2N5O/c22-16-4-3-5-17(12-16)26-21-24-13-15(14-25-21)20(29)28-10-8-27(9-11-28)19-7-2-1-6-18(19)23/h1-7,12-14H,8-11H2,(H,24,25,26). The van der Waals surface area contributed by atoms with Gasteiger partial charge in [0.15, 0.2) is 0 Å².